The monoisotopic (exact) mass is 421 g/mol. The number of aromatic amines is 1. The van der Waals surface area contributed by atoms with Gasteiger partial charge in [0, 0.05) is 26.0 Å². The smallest absolute Gasteiger partial charge is 0.254 e. The van der Waals surface area contributed by atoms with Crippen molar-refractivity contribution < 1.29 is 9.53 Å². The molecule has 156 valence electrons. The molecule has 2 aromatic carbocycles. The molecule has 32 heavy (non-hydrogen) atoms. The minimum atomic E-state index is -0.0464. The summed E-state index contributed by atoms with van der Waals surface area (Å²) in [6, 6.07) is 19.0. The van der Waals surface area contributed by atoms with E-state index in [4.69, 9.17) is 4.74 Å². The van der Waals surface area contributed by atoms with Crippen molar-refractivity contribution in [1.82, 2.24) is 19.9 Å². The number of nitrogens with one attached hydrogen (secondary N) is 1. The van der Waals surface area contributed by atoms with Crippen molar-refractivity contribution in [1.29, 1.82) is 5.26 Å². The van der Waals surface area contributed by atoms with E-state index in [0.717, 1.165) is 27.7 Å². The number of nitrogens with zero attached hydrogens (tertiary/aromatic N) is 4. The minimum Gasteiger partial charge on any atom is -0.484 e. The third kappa shape index (κ3) is 3.48. The number of imidazole rings is 1. The fourth-order valence-electron chi connectivity index (χ4n) is 3.91. The number of pyridine rings is 1. The molecule has 0 spiro atoms. The highest BCUT2D eigenvalue weighted by Crippen LogP contribution is 2.35. The average molecular weight is 421 g/mol. The Morgan fingerprint density at radius 3 is 2.72 bits per heavy atom. The quantitative estimate of drug-likeness (QED) is 0.529. The van der Waals surface area contributed by atoms with Gasteiger partial charge in [-0.1, -0.05) is 18.2 Å². The summed E-state index contributed by atoms with van der Waals surface area (Å²) in [6.07, 6.45) is 3.34. The topological polar surface area (TPSA) is 94.9 Å². The number of H-pyrrole nitrogens is 1. The lowest BCUT2D eigenvalue weighted by Gasteiger charge is -2.11. The molecule has 1 amide bonds. The highest BCUT2D eigenvalue weighted by atomic mass is 16.5. The Morgan fingerprint density at radius 2 is 1.94 bits per heavy atom. The maximum atomic E-state index is 12.8. The number of ether oxygens (including phenoxy) is 1. The Morgan fingerprint density at radius 1 is 1.12 bits per heavy atom. The second kappa shape index (κ2) is 8.00. The fraction of sp³-hybridized carbons (Fsp3) is 0.120. The van der Waals surface area contributed by atoms with Gasteiger partial charge < -0.3 is 14.6 Å². The van der Waals surface area contributed by atoms with E-state index in [1.807, 2.05) is 42.5 Å². The summed E-state index contributed by atoms with van der Waals surface area (Å²) in [5, 5.41) is 9.73. The molecular formula is C25H19N5O2. The lowest BCUT2D eigenvalue weighted by molar-refractivity contribution is -0.122. The molecule has 2 aromatic heterocycles. The highest BCUT2D eigenvalue weighted by Gasteiger charge is 2.29. The first-order valence-corrected chi connectivity index (χ1v) is 10.1. The Hall–Kier alpha value is -4.44. The normalized spacial score (nSPS) is 13.6. The number of hydrogen-bond acceptors (Lipinski definition) is 5. The summed E-state index contributed by atoms with van der Waals surface area (Å²) in [6.45, 7) is 0.690. The number of likely N-dealkylation sites (N-methyl/N-ethyl adjacent to an activating group) is 1. The molecule has 1 N–H and O–H groups in total. The van der Waals surface area contributed by atoms with Crippen LogP contribution in [0.3, 0.4) is 0 Å². The van der Waals surface area contributed by atoms with Crippen LogP contribution in [0.2, 0.25) is 0 Å². The second-order valence-corrected chi connectivity index (χ2v) is 7.56. The Labute approximate surface area is 184 Å². The number of hydrogen-bond donors (Lipinski definition) is 1. The van der Waals surface area contributed by atoms with Crippen LogP contribution in [0.25, 0.3) is 22.2 Å². The SMILES string of the molecule is CN1CC(c2ccc(OCc3nc4ccccc4[nH]3)c(C#N)c2)=C(c2ccncc2)C1=O. The first-order valence-electron chi connectivity index (χ1n) is 10.1. The second-order valence-electron chi connectivity index (χ2n) is 7.56. The van der Waals surface area contributed by atoms with Crippen LogP contribution in [0.5, 0.6) is 5.75 Å². The van der Waals surface area contributed by atoms with Crippen molar-refractivity contribution in [2.45, 2.75) is 6.61 Å². The van der Waals surface area contributed by atoms with Gasteiger partial charge in [-0.2, -0.15) is 5.26 Å². The maximum absolute atomic E-state index is 12.8. The Bertz CT molecular complexity index is 1370. The summed E-state index contributed by atoms with van der Waals surface area (Å²) in [5.41, 5.74) is 5.36. The molecular weight excluding hydrogens is 402 g/mol. The lowest BCUT2D eigenvalue weighted by Crippen LogP contribution is -2.21. The maximum Gasteiger partial charge on any atom is 0.254 e. The lowest BCUT2D eigenvalue weighted by atomic mass is 9.96. The van der Waals surface area contributed by atoms with Gasteiger partial charge in [-0.15, -0.1) is 0 Å². The molecule has 1 aliphatic heterocycles. The molecule has 0 bridgehead atoms. The van der Waals surface area contributed by atoms with Crippen LogP contribution in [-0.2, 0) is 11.4 Å². The van der Waals surface area contributed by atoms with E-state index in [1.54, 1.807) is 36.5 Å². The standard InChI is InChI=1S/C25H19N5O2/c1-30-14-19(24(25(30)31)16-8-10-27-11-9-16)17-6-7-22(18(12-17)13-26)32-15-23-28-20-4-2-3-5-21(20)29-23/h2-12H,14-15H2,1H3,(H,28,29). The van der Waals surface area contributed by atoms with Crippen molar-refractivity contribution >= 4 is 28.1 Å². The number of fused-ring (bicyclic) bond motifs is 1. The third-order valence-electron chi connectivity index (χ3n) is 5.48. The summed E-state index contributed by atoms with van der Waals surface area (Å²) in [4.78, 5) is 26.2. The number of para-hydroxylation sites is 2. The van der Waals surface area contributed by atoms with Gasteiger partial charge in [0.05, 0.1) is 22.2 Å². The van der Waals surface area contributed by atoms with Gasteiger partial charge in [-0.3, -0.25) is 9.78 Å². The Kier molecular flexibility index (Phi) is 4.88. The number of nitriles is 1. The van der Waals surface area contributed by atoms with E-state index >= 15 is 0 Å². The van der Waals surface area contributed by atoms with E-state index in [-0.39, 0.29) is 12.5 Å². The number of aromatic nitrogens is 3. The number of amides is 1. The molecule has 0 saturated heterocycles. The average Bonchev–Trinajstić information content (AvgIpc) is 3.38. The molecule has 0 atom stereocenters. The number of rotatable bonds is 5. The first kappa shape index (κ1) is 19.5. The zero-order chi connectivity index (χ0) is 22.1. The van der Waals surface area contributed by atoms with E-state index in [0.29, 0.717) is 29.3 Å². The molecule has 7 nitrogen and oxygen atoms in total. The van der Waals surface area contributed by atoms with Crippen LogP contribution in [0.15, 0.2) is 67.0 Å². The van der Waals surface area contributed by atoms with Crippen molar-refractivity contribution in [3.8, 4) is 11.8 Å². The van der Waals surface area contributed by atoms with Crippen LogP contribution in [0, 0.1) is 11.3 Å². The van der Waals surface area contributed by atoms with Gasteiger partial charge in [0.25, 0.3) is 5.91 Å². The van der Waals surface area contributed by atoms with Gasteiger partial charge in [0.2, 0.25) is 0 Å². The van der Waals surface area contributed by atoms with E-state index in [9.17, 15) is 10.1 Å². The molecule has 0 saturated carbocycles. The predicted octanol–water partition coefficient (Wildman–Crippen LogP) is 3.79. The molecule has 4 aromatic rings. The van der Waals surface area contributed by atoms with Gasteiger partial charge in [-0.25, -0.2) is 4.98 Å². The van der Waals surface area contributed by atoms with Crippen LogP contribution >= 0.6 is 0 Å². The van der Waals surface area contributed by atoms with Gasteiger partial charge in [-0.05, 0) is 53.1 Å². The molecule has 3 heterocycles. The van der Waals surface area contributed by atoms with Gasteiger partial charge in [0.1, 0.15) is 24.3 Å². The molecule has 1 aliphatic rings. The van der Waals surface area contributed by atoms with E-state index in [1.165, 1.54) is 0 Å². The number of benzene rings is 2. The number of carbonyl (C=O) groups is 1. The Balaban J connectivity index is 1.45. The van der Waals surface area contributed by atoms with Crippen molar-refractivity contribution in [3.05, 3.63) is 89.5 Å². The van der Waals surface area contributed by atoms with Crippen LogP contribution in [0.4, 0.5) is 0 Å². The molecule has 0 aliphatic carbocycles. The van der Waals surface area contributed by atoms with Gasteiger partial charge in [0.15, 0.2) is 0 Å². The van der Waals surface area contributed by atoms with E-state index < -0.39 is 0 Å². The molecule has 0 fully saturated rings. The summed E-state index contributed by atoms with van der Waals surface area (Å²) >= 11 is 0. The highest BCUT2D eigenvalue weighted by molar-refractivity contribution is 6.30. The number of carbonyl (C=O) groups excluding carboxylic acids is 1. The van der Waals surface area contributed by atoms with Gasteiger partial charge >= 0.3 is 0 Å². The first-order chi connectivity index (χ1) is 15.6. The molecule has 7 heteroatoms. The zero-order valence-electron chi connectivity index (χ0n) is 17.4. The minimum absolute atomic E-state index is 0.0464. The molecule has 5 rings (SSSR count). The fourth-order valence-corrected chi connectivity index (χ4v) is 3.91. The van der Waals surface area contributed by atoms with Crippen molar-refractivity contribution in [2.24, 2.45) is 0 Å². The largest absolute Gasteiger partial charge is 0.484 e. The summed E-state index contributed by atoms with van der Waals surface area (Å²) in [5.74, 6) is 1.11. The summed E-state index contributed by atoms with van der Waals surface area (Å²) in [7, 11) is 1.77. The van der Waals surface area contributed by atoms with Crippen LogP contribution in [0.1, 0.15) is 22.5 Å². The van der Waals surface area contributed by atoms with E-state index in [2.05, 4.69) is 21.0 Å². The van der Waals surface area contributed by atoms with Crippen LogP contribution in [-0.4, -0.2) is 39.4 Å². The summed E-state index contributed by atoms with van der Waals surface area (Å²) < 4.78 is 5.90. The zero-order valence-corrected chi connectivity index (χ0v) is 17.4. The van der Waals surface area contributed by atoms with Crippen molar-refractivity contribution in [2.75, 3.05) is 13.6 Å². The van der Waals surface area contributed by atoms with Crippen LogP contribution < -0.4 is 4.74 Å². The van der Waals surface area contributed by atoms with Crippen molar-refractivity contribution in [3.63, 3.8) is 0 Å². The molecule has 0 unspecified atom stereocenters. The predicted molar refractivity (Wildman–Crippen MR) is 120 cm³/mol. The molecule has 0 radical (unpaired) electrons. The third-order valence-corrected chi connectivity index (χ3v) is 5.48.